The van der Waals surface area contributed by atoms with Crippen molar-refractivity contribution in [2.75, 3.05) is 20.3 Å². The summed E-state index contributed by atoms with van der Waals surface area (Å²) in [6, 6.07) is 10.2. The van der Waals surface area contributed by atoms with Crippen LogP contribution in [-0.4, -0.2) is 43.3 Å². The molecule has 0 N–H and O–H groups in total. The Kier molecular flexibility index (Phi) is 7.22. The molecule has 2 heterocycles. The Morgan fingerprint density at radius 2 is 2.21 bits per heavy atom. The fraction of sp³-hybridized carbons (Fsp3) is 0.350. The normalized spacial score (nSPS) is 17.1. The van der Waals surface area contributed by atoms with Gasteiger partial charge in [0.05, 0.1) is 25.0 Å². The molecule has 3 rings (SSSR count). The number of rotatable bonds is 7. The highest BCUT2D eigenvalue weighted by Crippen LogP contribution is 2.18. The Morgan fingerprint density at radius 1 is 1.32 bits per heavy atom. The molecular weight excluding hydrogens is 384 g/mol. The Bertz CT molecular complexity index is 837. The largest absolute Gasteiger partial charge is 0.487 e. The number of esters is 1. The molecule has 0 spiro atoms. The van der Waals surface area contributed by atoms with Gasteiger partial charge in [-0.1, -0.05) is 22.8 Å². The highest BCUT2D eigenvalue weighted by atomic mass is 35.5. The van der Waals surface area contributed by atoms with Crippen LogP contribution >= 0.6 is 11.6 Å². The van der Waals surface area contributed by atoms with E-state index in [0.29, 0.717) is 34.3 Å². The molecule has 7 nitrogen and oxygen atoms in total. The molecule has 1 aromatic heterocycles. The number of nitrogens with zero attached hydrogens (tertiary/aromatic N) is 2. The van der Waals surface area contributed by atoms with Crippen LogP contribution in [0.15, 0.2) is 47.8 Å². The topological polar surface area (TPSA) is 79.2 Å². The summed E-state index contributed by atoms with van der Waals surface area (Å²) in [5, 5.41) is 4.76. The number of ether oxygens (including phenoxy) is 3. The van der Waals surface area contributed by atoms with Gasteiger partial charge >= 0.3 is 5.97 Å². The van der Waals surface area contributed by atoms with Gasteiger partial charge in [-0.15, -0.1) is 0 Å². The summed E-state index contributed by atoms with van der Waals surface area (Å²) in [5.41, 5.74) is 1.22. The molecule has 1 fully saturated rings. The van der Waals surface area contributed by atoms with Crippen LogP contribution < -0.4 is 4.74 Å². The summed E-state index contributed by atoms with van der Waals surface area (Å²) in [7, 11) is 1.32. The highest BCUT2D eigenvalue weighted by Gasteiger charge is 2.17. The predicted molar refractivity (Wildman–Crippen MR) is 104 cm³/mol. The van der Waals surface area contributed by atoms with Crippen LogP contribution in [0.25, 0.3) is 0 Å². The summed E-state index contributed by atoms with van der Waals surface area (Å²) in [5.74, 6) is 0.119. The fourth-order valence-corrected chi connectivity index (χ4v) is 2.79. The number of hydrogen-bond acceptors (Lipinski definition) is 7. The van der Waals surface area contributed by atoms with E-state index in [1.807, 2.05) is 0 Å². The first-order chi connectivity index (χ1) is 13.7. The maximum absolute atomic E-state index is 11.8. The van der Waals surface area contributed by atoms with Crippen molar-refractivity contribution in [3.05, 3.63) is 58.9 Å². The molecule has 8 heteroatoms. The summed E-state index contributed by atoms with van der Waals surface area (Å²) in [6.07, 6.45) is 3.90. The third-order valence-electron chi connectivity index (χ3n) is 4.07. The molecule has 0 saturated carbocycles. The van der Waals surface area contributed by atoms with Gasteiger partial charge in [0.15, 0.2) is 0 Å². The average molecular weight is 405 g/mol. The molecule has 1 atom stereocenters. The Balaban J connectivity index is 1.79. The average Bonchev–Trinajstić information content (AvgIpc) is 2.74. The Labute approximate surface area is 168 Å². The molecule has 1 aliphatic heterocycles. The lowest BCUT2D eigenvalue weighted by Gasteiger charge is -2.20. The number of oxime groups is 1. The van der Waals surface area contributed by atoms with E-state index in [1.54, 1.807) is 36.4 Å². The second-order valence-corrected chi connectivity index (χ2v) is 6.54. The summed E-state index contributed by atoms with van der Waals surface area (Å²) in [6.45, 7) is 0.718. The minimum absolute atomic E-state index is 0.0741. The van der Waals surface area contributed by atoms with Crippen LogP contribution in [0.1, 0.15) is 35.3 Å². The number of carbonyl (C=O) groups excluding carboxylic acids is 1. The zero-order valence-corrected chi connectivity index (χ0v) is 16.2. The van der Waals surface area contributed by atoms with Gasteiger partial charge in [-0.05, 0) is 43.2 Å². The third kappa shape index (κ3) is 5.68. The van der Waals surface area contributed by atoms with Crippen molar-refractivity contribution < 1.29 is 23.8 Å². The molecule has 148 valence electrons. The van der Waals surface area contributed by atoms with E-state index in [4.69, 9.17) is 30.6 Å². The van der Waals surface area contributed by atoms with Gasteiger partial charge in [-0.2, -0.15) is 0 Å². The third-order valence-corrected chi connectivity index (χ3v) is 4.30. The first-order valence-electron chi connectivity index (χ1n) is 8.93. The van der Waals surface area contributed by atoms with Crippen molar-refractivity contribution in [2.24, 2.45) is 5.16 Å². The van der Waals surface area contributed by atoms with Gasteiger partial charge in [-0.25, -0.2) is 4.79 Å². The fourth-order valence-electron chi connectivity index (χ4n) is 2.61. The number of pyridine rings is 1. The molecular formula is C20H21ClN2O5. The smallest absolute Gasteiger partial charge is 0.337 e. The van der Waals surface area contributed by atoms with Gasteiger partial charge in [0.1, 0.15) is 18.1 Å². The van der Waals surface area contributed by atoms with Crippen molar-refractivity contribution in [3.63, 3.8) is 0 Å². The van der Waals surface area contributed by atoms with Crippen molar-refractivity contribution in [2.45, 2.75) is 25.6 Å². The van der Waals surface area contributed by atoms with Gasteiger partial charge in [-0.3, -0.25) is 4.98 Å². The molecule has 1 aliphatic rings. The zero-order valence-electron chi connectivity index (χ0n) is 15.5. The first kappa shape index (κ1) is 20.1. The van der Waals surface area contributed by atoms with Crippen molar-refractivity contribution in [3.8, 4) is 5.75 Å². The number of hydrogen-bond donors (Lipinski definition) is 0. The van der Waals surface area contributed by atoms with Gasteiger partial charge in [0, 0.05) is 17.6 Å². The van der Waals surface area contributed by atoms with Gasteiger partial charge in [0.25, 0.3) is 0 Å². The van der Waals surface area contributed by atoms with Crippen LogP contribution in [0.5, 0.6) is 5.75 Å². The molecule has 1 aromatic carbocycles. The maximum atomic E-state index is 11.8. The Hall–Kier alpha value is -2.64. The van der Waals surface area contributed by atoms with E-state index in [-0.39, 0.29) is 6.61 Å². The molecule has 1 unspecified atom stereocenters. The van der Waals surface area contributed by atoms with E-state index < -0.39 is 12.3 Å². The predicted octanol–water partition coefficient (Wildman–Crippen LogP) is 3.85. The summed E-state index contributed by atoms with van der Waals surface area (Å²) >= 11 is 6.00. The maximum Gasteiger partial charge on any atom is 0.337 e. The highest BCUT2D eigenvalue weighted by molar-refractivity contribution is 6.30. The lowest BCUT2D eigenvalue weighted by atomic mass is 10.2. The second-order valence-electron chi connectivity index (χ2n) is 6.11. The minimum atomic E-state index is -0.463. The number of aromatic nitrogens is 1. The minimum Gasteiger partial charge on any atom is -0.487 e. The standard InChI is InChI=1S/C20H21ClN2O5/c1-25-20(24)14-8-9-22-17(11-14)18(23-28-19-7-2-3-10-26-19)13-27-16-6-4-5-15(21)12-16/h4-6,8-9,11-12,19H,2-3,7,10,13H2,1H3/b23-18+. The van der Waals surface area contributed by atoms with Crippen LogP contribution in [0.4, 0.5) is 0 Å². The number of methoxy groups -OCH3 is 1. The van der Waals surface area contributed by atoms with E-state index in [0.717, 1.165) is 19.3 Å². The molecule has 0 amide bonds. The number of carbonyl (C=O) groups is 1. The van der Waals surface area contributed by atoms with E-state index in [1.165, 1.54) is 13.3 Å². The quantitative estimate of drug-likeness (QED) is 0.396. The van der Waals surface area contributed by atoms with Crippen LogP contribution in [0.2, 0.25) is 5.02 Å². The SMILES string of the molecule is COC(=O)c1ccnc(/C(COc2cccc(Cl)c2)=N/OC2CCCCO2)c1. The lowest BCUT2D eigenvalue weighted by Crippen LogP contribution is -2.22. The van der Waals surface area contributed by atoms with Crippen LogP contribution in [0.3, 0.4) is 0 Å². The van der Waals surface area contributed by atoms with E-state index >= 15 is 0 Å². The lowest BCUT2D eigenvalue weighted by molar-refractivity contribution is -0.162. The Morgan fingerprint density at radius 3 is 2.96 bits per heavy atom. The summed E-state index contributed by atoms with van der Waals surface area (Å²) < 4.78 is 16.1. The molecule has 28 heavy (non-hydrogen) atoms. The van der Waals surface area contributed by atoms with Crippen molar-refractivity contribution in [1.82, 2.24) is 4.98 Å². The molecule has 0 aliphatic carbocycles. The van der Waals surface area contributed by atoms with Crippen molar-refractivity contribution in [1.29, 1.82) is 0 Å². The second kappa shape index (κ2) is 10.1. The van der Waals surface area contributed by atoms with Gasteiger partial charge < -0.3 is 19.0 Å². The molecule has 0 bridgehead atoms. The molecule has 1 saturated heterocycles. The summed E-state index contributed by atoms with van der Waals surface area (Å²) in [4.78, 5) is 21.6. The van der Waals surface area contributed by atoms with Crippen LogP contribution in [0, 0.1) is 0 Å². The molecule has 2 aromatic rings. The number of halogens is 1. The molecule has 0 radical (unpaired) electrons. The first-order valence-corrected chi connectivity index (χ1v) is 9.31. The van der Waals surface area contributed by atoms with Crippen LogP contribution in [-0.2, 0) is 14.3 Å². The van der Waals surface area contributed by atoms with E-state index in [2.05, 4.69) is 10.1 Å². The number of benzene rings is 1. The van der Waals surface area contributed by atoms with Gasteiger partial charge in [0.2, 0.25) is 6.29 Å². The monoisotopic (exact) mass is 404 g/mol. The van der Waals surface area contributed by atoms with E-state index in [9.17, 15) is 4.79 Å². The zero-order chi connectivity index (χ0) is 19.8. The van der Waals surface area contributed by atoms with Crippen molar-refractivity contribution >= 4 is 23.3 Å².